The van der Waals surface area contributed by atoms with Gasteiger partial charge in [-0.2, -0.15) is 18.3 Å². The van der Waals surface area contributed by atoms with E-state index < -0.39 is 11.9 Å². The van der Waals surface area contributed by atoms with Crippen LogP contribution >= 0.6 is 34.0 Å². The zero-order valence-corrected chi connectivity index (χ0v) is 16.2. The van der Waals surface area contributed by atoms with Gasteiger partial charge >= 0.3 is 6.18 Å². The van der Waals surface area contributed by atoms with Crippen LogP contribution in [0, 0.1) is 6.92 Å². The second-order valence-corrected chi connectivity index (χ2v) is 9.44. The SMILES string of the molecule is Cc1cc2sc3cc(-c4ccnc(-c5cc(C(F)(F)F)[nH]n5)c4)sc3c2s1. The summed E-state index contributed by atoms with van der Waals surface area (Å²) in [5.74, 6) is 0. The Morgan fingerprint density at radius 1 is 0.926 bits per heavy atom. The van der Waals surface area contributed by atoms with Gasteiger partial charge in [-0.25, -0.2) is 0 Å². The minimum Gasteiger partial charge on any atom is -0.273 e. The van der Waals surface area contributed by atoms with Gasteiger partial charge in [-0.15, -0.1) is 34.0 Å². The molecule has 5 rings (SSSR count). The molecule has 27 heavy (non-hydrogen) atoms. The fourth-order valence-electron chi connectivity index (χ4n) is 2.92. The predicted molar refractivity (Wildman–Crippen MR) is 106 cm³/mol. The molecule has 0 aromatic carbocycles. The standard InChI is InChI=1S/C18H10F3N3S3/c1-8-4-13-16(25-8)17-14(26-13)7-12(27-17)9-2-3-22-10(5-9)11-6-15(24-23-11)18(19,20)21/h2-7H,1H3,(H,23,24). The lowest BCUT2D eigenvalue weighted by atomic mass is 10.1. The van der Waals surface area contributed by atoms with Crippen LogP contribution in [0.4, 0.5) is 13.2 Å². The number of H-pyrrole nitrogens is 1. The van der Waals surface area contributed by atoms with Gasteiger partial charge in [-0.05, 0) is 42.8 Å². The van der Waals surface area contributed by atoms with E-state index in [-0.39, 0.29) is 5.69 Å². The predicted octanol–water partition coefficient (Wildman–Crippen LogP) is 6.96. The van der Waals surface area contributed by atoms with Crippen LogP contribution in [0.5, 0.6) is 0 Å². The largest absolute Gasteiger partial charge is 0.432 e. The lowest BCUT2D eigenvalue weighted by Gasteiger charge is -2.01. The Bertz CT molecular complexity index is 1290. The number of aromatic amines is 1. The molecule has 0 amide bonds. The van der Waals surface area contributed by atoms with Crippen LogP contribution in [0.1, 0.15) is 10.6 Å². The van der Waals surface area contributed by atoms with Crippen molar-refractivity contribution in [2.45, 2.75) is 13.1 Å². The normalized spacial score (nSPS) is 12.4. The first kappa shape index (κ1) is 16.9. The molecule has 0 aliphatic carbocycles. The highest BCUT2D eigenvalue weighted by Gasteiger charge is 2.33. The van der Waals surface area contributed by atoms with Crippen molar-refractivity contribution < 1.29 is 13.2 Å². The van der Waals surface area contributed by atoms with E-state index in [1.807, 2.05) is 11.2 Å². The average Bonchev–Trinajstić information content (AvgIpc) is 3.35. The number of pyridine rings is 1. The molecule has 9 heteroatoms. The number of aryl methyl sites for hydroxylation is 1. The third-order valence-electron chi connectivity index (χ3n) is 4.14. The van der Waals surface area contributed by atoms with Crippen molar-refractivity contribution in [3.05, 3.63) is 47.1 Å². The van der Waals surface area contributed by atoms with E-state index in [4.69, 9.17) is 0 Å². The molecule has 136 valence electrons. The lowest BCUT2D eigenvalue weighted by Crippen LogP contribution is -2.04. The number of aromatic nitrogens is 3. The first-order valence-corrected chi connectivity index (χ1v) is 10.4. The van der Waals surface area contributed by atoms with E-state index >= 15 is 0 Å². The van der Waals surface area contributed by atoms with Crippen molar-refractivity contribution >= 4 is 52.8 Å². The number of nitrogens with one attached hydrogen (secondary N) is 1. The summed E-state index contributed by atoms with van der Waals surface area (Å²) in [7, 11) is 0. The van der Waals surface area contributed by atoms with Gasteiger partial charge in [0.25, 0.3) is 0 Å². The summed E-state index contributed by atoms with van der Waals surface area (Å²) in [4.78, 5) is 6.54. The topological polar surface area (TPSA) is 41.6 Å². The molecule has 0 spiro atoms. The number of nitrogens with zero attached hydrogens (tertiary/aromatic N) is 2. The Morgan fingerprint density at radius 3 is 2.48 bits per heavy atom. The van der Waals surface area contributed by atoms with Crippen molar-refractivity contribution in [1.82, 2.24) is 15.2 Å². The Kier molecular flexibility index (Phi) is 3.68. The van der Waals surface area contributed by atoms with Crippen LogP contribution in [0.25, 0.3) is 40.6 Å². The molecule has 5 heterocycles. The molecule has 0 aliphatic rings. The van der Waals surface area contributed by atoms with E-state index in [0.717, 1.165) is 16.5 Å². The number of thiophene rings is 3. The van der Waals surface area contributed by atoms with Gasteiger partial charge in [-0.3, -0.25) is 10.1 Å². The number of fused-ring (bicyclic) bond motifs is 3. The zero-order valence-electron chi connectivity index (χ0n) is 13.7. The molecule has 0 fully saturated rings. The number of halogens is 3. The van der Waals surface area contributed by atoms with Crippen LogP contribution < -0.4 is 0 Å². The molecule has 0 bridgehead atoms. The van der Waals surface area contributed by atoms with Crippen molar-refractivity contribution in [1.29, 1.82) is 0 Å². The molecule has 0 saturated heterocycles. The minimum absolute atomic E-state index is 0.179. The molecule has 0 radical (unpaired) electrons. The number of hydrogen-bond donors (Lipinski definition) is 1. The lowest BCUT2D eigenvalue weighted by molar-refractivity contribution is -0.141. The summed E-state index contributed by atoms with van der Waals surface area (Å²) in [5.41, 5.74) is 0.634. The van der Waals surface area contributed by atoms with Crippen molar-refractivity contribution in [3.63, 3.8) is 0 Å². The molecular formula is C18H10F3N3S3. The molecule has 0 saturated carbocycles. The Labute approximate surface area is 163 Å². The summed E-state index contributed by atoms with van der Waals surface area (Å²) in [6.45, 7) is 2.10. The third kappa shape index (κ3) is 2.86. The highest BCUT2D eigenvalue weighted by molar-refractivity contribution is 7.39. The maximum absolute atomic E-state index is 12.8. The molecule has 5 aromatic heterocycles. The van der Waals surface area contributed by atoms with E-state index in [0.29, 0.717) is 5.69 Å². The number of alkyl halides is 3. The van der Waals surface area contributed by atoms with E-state index in [1.54, 1.807) is 46.3 Å². The van der Waals surface area contributed by atoms with Crippen LogP contribution in [-0.2, 0) is 6.18 Å². The van der Waals surface area contributed by atoms with Crippen molar-refractivity contribution in [2.24, 2.45) is 0 Å². The third-order valence-corrected chi connectivity index (χ3v) is 7.88. The van der Waals surface area contributed by atoms with Gasteiger partial charge in [0, 0.05) is 25.4 Å². The van der Waals surface area contributed by atoms with Crippen LogP contribution in [0.15, 0.2) is 36.5 Å². The molecule has 0 unspecified atom stereocenters. The Hall–Kier alpha value is -2.23. The summed E-state index contributed by atoms with van der Waals surface area (Å²) < 4.78 is 43.5. The molecule has 0 aliphatic heterocycles. The average molecular weight is 421 g/mol. The highest BCUT2D eigenvalue weighted by atomic mass is 32.1. The van der Waals surface area contributed by atoms with Crippen LogP contribution in [0.2, 0.25) is 0 Å². The fraction of sp³-hybridized carbons (Fsp3) is 0.111. The smallest absolute Gasteiger partial charge is 0.273 e. The Morgan fingerprint density at radius 2 is 1.70 bits per heavy atom. The van der Waals surface area contributed by atoms with Crippen LogP contribution in [-0.4, -0.2) is 15.2 Å². The van der Waals surface area contributed by atoms with Gasteiger partial charge < -0.3 is 0 Å². The summed E-state index contributed by atoms with van der Waals surface area (Å²) in [6, 6.07) is 8.97. The van der Waals surface area contributed by atoms with E-state index in [9.17, 15) is 13.2 Å². The van der Waals surface area contributed by atoms with Gasteiger partial charge in [0.05, 0.1) is 15.1 Å². The molecular weight excluding hydrogens is 411 g/mol. The Balaban J connectivity index is 1.57. The summed E-state index contributed by atoms with van der Waals surface area (Å²) >= 11 is 5.26. The van der Waals surface area contributed by atoms with Gasteiger partial charge in [-0.1, -0.05) is 0 Å². The van der Waals surface area contributed by atoms with Gasteiger partial charge in [0.2, 0.25) is 0 Å². The second kappa shape index (κ2) is 5.88. The quantitative estimate of drug-likeness (QED) is 0.335. The fourth-order valence-corrected chi connectivity index (χ4v) is 6.85. The number of hydrogen-bond acceptors (Lipinski definition) is 5. The van der Waals surface area contributed by atoms with Crippen LogP contribution in [0.3, 0.4) is 0 Å². The highest BCUT2D eigenvalue weighted by Crippen LogP contribution is 2.46. The zero-order chi connectivity index (χ0) is 18.8. The van der Waals surface area contributed by atoms with E-state index in [2.05, 4.69) is 29.1 Å². The first-order valence-electron chi connectivity index (χ1n) is 7.90. The van der Waals surface area contributed by atoms with Gasteiger partial charge in [0.15, 0.2) is 0 Å². The summed E-state index contributed by atoms with van der Waals surface area (Å²) in [5, 5.41) is 5.80. The monoisotopic (exact) mass is 421 g/mol. The first-order chi connectivity index (χ1) is 12.9. The molecule has 5 aromatic rings. The summed E-state index contributed by atoms with van der Waals surface area (Å²) in [6.07, 6.45) is -2.85. The van der Waals surface area contributed by atoms with E-state index in [1.165, 1.54) is 23.7 Å². The molecule has 3 nitrogen and oxygen atoms in total. The molecule has 0 atom stereocenters. The van der Waals surface area contributed by atoms with Gasteiger partial charge in [0.1, 0.15) is 11.4 Å². The van der Waals surface area contributed by atoms with Crippen molar-refractivity contribution in [3.8, 4) is 21.8 Å². The minimum atomic E-state index is -4.45. The molecule has 1 N–H and O–H groups in total. The second-order valence-electron chi connectivity index (χ2n) is 6.05. The number of rotatable bonds is 2. The van der Waals surface area contributed by atoms with Crippen molar-refractivity contribution in [2.75, 3.05) is 0 Å². The maximum atomic E-state index is 12.8. The maximum Gasteiger partial charge on any atom is 0.432 e.